The van der Waals surface area contributed by atoms with Crippen LogP contribution in [0.2, 0.25) is 5.02 Å². The van der Waals surface area contributed by atoms with Crippen molar-refractivity contribution in [3.05, 3.63) is 64.2 Å². The highest BCUT2D eigenvalue weighted by atomic mass is 35.5. The fourth-order valence-corrected chi connectivity index (χ4v) is 1.79. The van der Waals surface area contributed by atoms with Crippen LogP contribution in [-0.4, -0.2) is 5.91 Å². The van der Waals surface area contributed by atoms with Crippen LogP contribution < -0.4 is 5.32 Å². The highest BCUT2D eigenvalue weighted by Gasteiger charge is 2.10. The van der Waals surface area contributed by atoms with Crippen LogP contribution in [0.15, 0.2) is 36.4 Å². The van der Waals surface area contributed by atoms with Crippen LogP contribution in [0.3, 0.4) is 0 Å². The van der Waals surface area contributed by atoms with Crippen LogP contribution >= 0.6 is 11.6 Å². The summed E-state index contributed by atoms with van der Waals surface area (Å²) >= 11 is 5.80. The van der Waals surface area contributed by atoms with Crippen molar-refractivity contribution < 1.29 is 13.6 Å². The molecule has 0 bridgehead atoms. The minimum Gasteiger partial charge on any atom is -0.321 e. The lowest BCUT2D eigenvalue weighted by atomic mass is 10.1. The Bertz CT molecular complexity index is 643. The van der Waals surface area contributed by atoms with E-state index in [0.29, 0.717) is 16.8 Å². The van der Waals surface area contributed by atoms with E-state index in [2.05, 4.69) is 5.32 Å². The highest BCUT2D eigenvalue weighted by Crippen LogP contribution is 2.23. The Morgan fingerprint density at radius 2 is 1.89 bits per heavy atom. The third kappa shape index (κ3) is 3.09. The van der Waals surface area contributed by atoms with E-state index in [9.17, 15) is 13.6 Å². The summed E-state index contributed by atoms with van der Waals surface area (Å²) in [4.78, 5) is 11.9. The lowest BCUT2D eigenvalue weighted by molar-refractivity contribution is 0.102. The first-order chi connectivity index (χ1) is 8.97. The lowest BCUT2D eigenvalue weighted by Crippen LogP contribution is -2.12. The number of amides is 1. The van der Waals surface area contributed by atoms with E-state index in [1.165, 1.54) is 30.3 Å². The third-order valence-electron chi connectivity index (χ3n) is 2.60. The molecule has 0 aliphatic carbocycles. The van der Waals surface area contributed by atoms with E-state index in [0.717, 1.165) is 6.07 Å². The van der Waals surface area contributed by atoms with Gasteiger partial charge in [-0.15, -0.1) is 0 Å². The van der Waals surface area contributed by atoms with E-state index in [1.807, 2.05) is 0 Å². The second-order valence-corrected chi connectivity index (χ2v) is 4.45. The number of anilines is 1. The molecule has 0 aliphatic heterocycles. The second kappa shape index (κ2) is 5.36. The average molecular weight is 282 g/mol. The zero-order valence-corrected chi connectivity index (χ0v) is 10.8. The SMILES string of the molecule is Cc1cc(C(=O)Nc2ccc(F)cc2Cl)ccc1F. The van der Waals surface area contributed by atoms with E-state index in [1.54, 1.807) is 6.92 Å². The van der Waals surface area contributed by atoms with E-state index in [-0.39, 0.29) is 10.8 Å². The van der Waals surface area contributed by atoms with Gasteiger partial charge in [-0.05, 0) is 48.9 Å². The van der Waals surface area contributed by atoms with Crippen molar-refractivity contribution in [3.8, 4) is 0 Å². The second-order valence-electron chi connectivity index (χ2n) is 4.04. The summed E-state index contributed by atoms with van der Waals surface area (Å²) in [5.41, 5.74) is 0.979. The molecule has 2 aromatic rings. The molecule has 98 valence electrons. The maximum absolute atomic E-state index is 13.1. The monoisotopic (exact) mass is 281 g/mol. The van der Waals surface area contributed by atoms with Crippen LogP contribution in [0.5, 0.6) is 0 Å². The summed E-state index contributed by atoms with van der Waals surface area (Å²) < 4.78 is 26.0. The molecule has 2 aromatic carbocycles. The quantitative estimate of drug-likeness (QED) is 0.879. The third-order valence-corrected chi connectivity index (χ3v) is 2.91. The van der Waals surface area contributed by atoms with Gasteiger partial charge in [0.2, 0.25) is 0 Å². The van der Waals surface area contributed by atoms with Crippen molar-refractivity contribution in [3.63, 3.8) is 0 Å². The van der Waals surface area contributed by atoms with Crippen LogP contribution in [0.25, 0.3) is 0 Å². The summed E-state index contributed by atoms with van der Waals surface area (Å²) in [6.07, 6.45) is 0. The lowest BCUT2D eigenvalue weighted by Gasteiger charge is -2.08. The van der Waals surface area contributed by atoms with Crippen molar-refractivity contribution in [1.82, 2.24) is 0 Å². The first-order valence-electron chi connectivity index (χ1n) is 5.50. The molecule has 5 heteroatoms. The van der Waals surface area contributed by atoms with Gasteiger partial charge in [0.1, 0.15) is 11.6 Å². The standard InChI is InChI=1S/C14H10ClF2NO/c1-8-6-9(2-4-12(8)17)14(19)18-13-5-3-10(16)7-11(13)15/h2-7H,1H3,(H,18,19). The van der Waals surface area contributed by atoms with Crippen molar-refractivity contribution in [2.24, 2.45) is 0 Å². The first-order valence-corrected chi connectivity index (χ1v) is 5.88. The highest BCUT2D eigenvalue weighted by molar-refractivity contribution is 6.33. The molecule has 0 aromatic heterocycles. The van der Waals surface area contributed by atoms with Crippen molar-refractivity contribution >= 4 is 23.2 Å². The molecule has 1 amide bonds. The van der Waals surface area contributed by atoms with Gasteiger partial charge in [-0.2, -0.15) is 0 Å². The van der Waals surface area contributed by atoms with Gasteiger partial charge in [-0.25, -0.2) is 8.78 Å². The number of nitrogens with one attached hydrogen (secondary N) is 1. The number of hydrogen-bond acceptors (Lipinski definition) is 1. The van der Waals surface area contributed by atoms with E-state index >= 15 is 0 Å². The largest absolute Gasteiger partial charge is 0.321 e. The maximum Gasteiger partial charge on any atom is 0.255 e. The first kappa shape index (κ1) is 13.5. The number of aryl methyl sites for hydroxylation is 1. The topological polar surface area (TPSA) is 29.1 Å². The molecule has 0 heterocycles. The number of halogens is 3. The molecule has 0 atom stereocenters. The molecule has 2 nitrogen and oxygen atoms in total. The molecular formula is C14H10ClF2NO. The fourth-order valence-electron chi connectivity index (χ4n) is 1.57. The molecule has 0 saturated heterocycles. The van der Waals surface area contributed by atoms with Crippen LogP contribution in [-0.2, 0) is 0 Å². The van der Waals surface area contributed by atoms with Crippen LogP contribution in [0.4, 0.5) is 14.5 Å². The molecule has 19 heavy (non-hydrogen) atoms. The zero-order chi connectivity index (χ0) is 14.0. The van der Waals surface area contributed by atoms with Crippen molar-refractivity contribution in [2.75, 3.05) is 5.32 Å². The van der Waals surface area contributed by atoms with Crippen LogP contribution in [0.1, 0.15) is 15.9 Å². The van der Waals surface area contributed by atoms with Crippen molar-refractivity contribution in [1.29, 1.82) is 0 Å². The molecule has 0 spiro atoms. The minimum absolute atomic E-state index is 0.104. The number of carbonyl (C=O) groups is 1. The average Bonchev–Trinajstić information content (AvgIpc) is 2.36. The molecule has 0 radical (unpaired) electrons. The van der Waals surface area contributed by atoms with Gasteiger partial charge >= 0.3 is 0 Å². The molecule has 0 fully saturated rings. The Balaban J connectivity index is 2.23. The number of hydrogen-bond donors (Lipinski definition) is 1. The van der Waals surface area contributed by atoms with Gasteiger partial charge in [0.15, 0.2) is 0 Å². The Hall–Kier alpha value is -1.94. The van der Waals surface area contributed by atoms with Gasteiger partial charge < -0.3 is 5.32 Å². The molecule has 0 aliphatic rings. The van der Waals surface area contributed by atoms with Gasteiger partial charge in [-0.3, -0.25) is 4.79 Å². The number of rotatable bonds is 2. The smallest absolute Gasteiger partial charge is 0.255 e. The number of benzene rings is 2. The summed E-state index contributed by atoms with van der Waals surface area (Å²) in [5, 5.41) is 2.64. The van der Waals surface area contributed by atoms with Crippen LogP contribution in [0, 0.1) is 18.6 Å². The van der Waals surface area contributed by atoms with Gasteiger partial charge in [0, 0.05) is 5.56 Å². The normalized spacial score (nSPS) is 10.3. The summed E-state index contributed by atoms with van der Waals surface area (Å²) in [6, 6.07) is 7.68. The molecule has 0 saturated carbocycles. The van der Waals surface area contributed by atoms with Gasteiger partial charge in [0.05, 0.1) is 10.7 Å². The van der Waals surface area contributed by atoms with E-state index < -0.39 is 11.7 Å². The molecule has 0 unspecified atom stereocenters. The predicted octanol–water partition coefficient (Wildman–Crippen LogP) is 4.18. The van der Waals surface area contributed by atoms with E-state index in [4.69, 9.17) is 11.6 Å². The molecule has 2 rings (SSSR count). The summed E-state index contributed by atoms with van der Waals surface area (Å²) in [7, 11) is 0. The Morgan fingerprint density at radius 1 is 1.16 bits per heavy atom. The van der Waals surface area contributed by atoms with Gasteiger partial charge in [0.25, 0.3) is 5.91 Å². The molecular weight excluding hydrogens is 272 g/mol. The number of carbonyl (C=O) groups excluding carboxylic acids is 1. The fraction of sp³-hybridized carbons (Fsp3) is 0.0714. The Labute approximate surface area is 114 Å². The van der Waals surface area contributed by atoms with Gasteiger partial charge in [-0.1, -0.05) is 11.6 Å². The molecule has 1 N–H and O–H groups in total. The Morgan fingerprint density at radius 3 is 2.53 bits per heavy atom. The van der Waals surface area contributed by atoms with Crippen molar-refractivity contribution in [2.45, 2.75) is 6.92 Å². The Kier molecular flexibility index (Phi) is 3.81. The predicted molar refractivity (Wildman–Crippen MR) is 70.5 cm³/mol. The zero-order valence-electron chi connectivity index (χ0n) is 10.0. The summed E-state index contributed by atoms with van der Waals surface area (Å²) in [6.45, 7) is 1.57. The minimum atomic E-state index is -0.486. The maximum atomic E-state index is 13.1. The summed E-state index contributed by atoms with van der Waals surface area (Å²) in [5.74, 6) is -1.30.